The summed E-state index contributed by atoms with van der Waals surface area (Å²) in [4.78, 5) is 9.00. The number of piperazine rings is 1. The Labute approximate surface area is 108 Å². The molecule has 2 aliphatic rings. The molecule has 0 radical (unpaired) electrons. The van der Waals surface area contributed by atoms with Crippen molar-refractivity contribution in [3.05, 3.63) is 18.2 Å². The first-order chi connectivity index (χ1) is 8.79. The Kier molecular flexibility index (Phi) is 3.06. The third kappa shape index (κ3) is 1.92. The molecule has 0 saturated carbocycles. The van der Waals surface area contributed by atoms with Gasteiger partial charge in [0.05, 0.1) is 24.3 Å². The Morgan fingerprint density at radius 2 is 2.33 bits per heavy atom. The molecule has 2 fully saturated rings. The fourth-order valence-corrected chi connectivity index (χ4v) is 3.22. The number of nitrogens with zero attached hydrogens (tertiary/aromatic N) is 5. The average Bonchev–Trinajstić information content (AvgIpc) is 2.99. The van der Waals surface area contributed by atoms with Gasteiger partial charge >= 0.3 is 0 Å². The van der Waals surface area contributed by atoms with E-state index in [9.17, 15) is 5.26 Å². The highest BCUT2D eigenvalue weighted by Gasteiger charge is 2.34. The number of imidazole rings is 1. The fraction of sp³-hybridized carbons (Fsp3) is 0.692. The molecule has 0 amide bonds. The maximum absolute atomic E-state index is 9.47. The van der Waals surface area contributed by atoms with Crippen molar-refractivity contribution in [1.29, 1.82) is 5.26 Å². The van der Waals surface area contributed by atoms with Gasteiger partial charge < -0.3 is 4.57 Å². The van der Waals surface area contributed by atoms with E-state index in [0.717, 1.165) is 25.3 Å². The number of rotatable bonds is 2. The molecule has 18 heavy (non-hydrogen) atoms. The second-order valence-electron chi connectivity index (χ2n) is 5.29. The Hall–Kier alpha value is -1.38. The molecule has 3 heterocycles. The Balaban J connectivity index is 1.77. The van der Waals surface area contributed by atoms with E-state index in [2.05, 4.69) is 20.9 Å². The first kappa shape index (κ1) is 11.7. The topological polar surface area (TPSA) is 48.1 Å². The summed E-state index contributed by atoms with van der Waals surface area (Å²) in [7, 11) is 1.96. The van der Waals surface area contributed by atoms with Crippen LogP contribution in [0, 0.1) is 11.3 Å². The standard InChI is InChI=1S/C13H19N5/c1-16-10-15-8-13(16)12(7-14)18-6-5-17-4-2-3-11(17)9-18/h8,10-12H,2-6,9H2,1H3/t11-,12?/m1/s1. The van der Waals surface area contributed by atoms with Crippen molar-refractivity contribution in [1.82, 2.24) is 19.4 Å². The minimum absolute atomic E-state index is 0.153. The van der Waals surface area contributed by atoms with Gasteiger partial charge in [-0.2, -0.15) is 5.26 Å². The maximum atomic E-state index is 9.47. The zero-order valence-corrected chi connectivity index (χ0v) is 10.8. The third-order valence-electron chi connectivity index (χ3n) is 4.24. The van der Waals surface area contributed by atoms with E-state index in [0.29, 0.717) is 6.04 Å². The van der Waals surface area contributed by atoms with Crippen molar-refractivity contribution in [2.24, 2.45) is 7.05 Å². The summed E-state index contributed by atoms with van der Waals surface area (Å²) >= 11 is 0. The smallest absolute Gasteiger partial charge is 0.140 e. The first-order valence-corrected chi connectivity index (χ1v) is 6.63. The average molecular weight is 245 g/mol. The molecule has 96 valence electrons. The minimum Gasteiger partial charge on any atom is -0.335 e. The Morgan fingerprint density at radius 3 is 3.06 bits per heavy atom. The van der Waals surface area contributed by atoms with Gasteiger partial charge in [0.15, 0.2) is 0 Å². The van der Waals surface area contributed by atoms with Crippen LogP contribution in [0.4, 0.5) is 0 Å². The number of hydrogen-bond donors (Lipinski definition) is 0. The largest absolute Gasteiger partial charge is 0.335 e. The van der Waals surface area contributed by atoms with Crippen LogP contribution in [0.5, 0.6) is 0 Å². The molecule has 2 aliphatic heterocycles. The van der Waals surface area contributed by atoms with Crippen LogP contribution in [0.2, 0.25) is 0 Å². The molecule has 0 aliphatic carbocycles. The van der Waals surface area contributed by atoms with Crippen molar-refractivity contribution >= 4 is 0 Å². The van der Waals surface area contributed by atoms with Crippen LogP contribution in [0.15, 0.2) is 12.5 Å². The van der Waals surface area contributed by atoms with Gasteiger partial charge in [-0.1, -0.05) is 0 Å². The van der Waals surface area contributed by atoms with Gasteiger partial charge in [-0.05, 0) is 19.4 Å². The quantitative estimate of drug-likeness (QED) is 0.772. The number of nitriles is 1. The van der Waals surface area contributed by atoms with Crippen LogP contribution < -0.4 is 0 Å². The van der Waals surface area contributed by atoms with E-state index in [-0.39, 0.29) is 6.04 Å². The number of aromatic nitrogens is 2. The highest BCUT2D eigenvalue weighted by molar-refractivity contribution is 5.15. The molecule has 0 N–H and O–H groups in total. The summed E-state index contributed by atoms with van der Waals surface area (Å²) in [5.74, 6) is 0. The second kappa shape index (κ2) is 4.71. The lowest BCUT2D eigenvalue weighted by atomic mass is 10.1. The first-order valence-electron chi connectivity index (χ1n) is 6.63. The molecular formula is C13H19N5. The molecule has 3 rings (SSSR count). The monoisotopic (exact) mass is 245 g/mol. The van der Waals surface area contributed by atoms with Gasteiger partial charge in [0.2, 0.25) is 0 Å². The summed E-state index contributed by atoms with van der Waals surface area (Å²) in [6, 6.07) is 2.94. The SMILES string of the molecule is Cn1cncc1C(C#N)N1CCN2CCC[C@@H]2C1. The normalized spacial score (nSPS) is 26.8. The van der Waals surface area contributed by atoms with Crippen molar-refractivity contribution in [3.8, 4) is 6.07 Å². The van der Waals surface area contributed by atoms with E-state index < -0.39 is 0 Å². The maximum Gasteiger partial charge on any atom is 0.140 e. The minimum atomic E-state index is -0.153. The number of hydrogen-bond acceptors (Lipinski definition) is 4. The van der Waals surface area contributed by atoms with Crippen LogP contribution in [-0.2, 0) is 7.05 Å². The molecule has 0 bridgehead atoms. The zero-order chi connectivity index (χ0) is 12.5. The molecule has 5 nitrogen and oxygen atoms in total. The lowest BCUT2D eigenvalue weighted by Gasteiger charge is -2.39. The second-order valence-corrected chi connectivity index (χ2v) is 5.29. The molecule has 0 spiro atoms. The fourth-order valence-electron chi connectivity index (χ4n) is 3.22. The molecule has 1 aromatic rings. The van der Waals surface area contributed by atoms with E-state index in [4.69, 9.17) is 0 Å². The van der Waals surface area contributed by atoms with Crippen molar-refractivity contribution in [2.75, 3.05) is 26.2 Å². The Morgan fingerprint density at radius 1 is 1.44 bits per heavy atom. The van der Waals surface area contributed by atoms with Crippen LogP contribution in [0.25, 0.3) is 0 Å². The van der Waals surface area contributed by atoms with Crippen LogP contribution in [0.1, 0.15) is 24.6 Å². The zero-order valence-electron chi connectivity index (χ0n) is 10.8. The summed E-state index contributed by atoms with van der Waals surface area (Å²) in [5, 5.41) is 9.47. The van der Waals surface area contributed by atoms with Gasteiger partial charge in [0.1, 0.15) is 6.04 Å². The van der Waals surface area contributed by atoms with E-state index in [1.54, 1.807) is 6.33 Å². The van der Waals surface area contributed by atoms with Gasteiger partial charge in [-0.15, -0.1) is 0 Å². The summed E-state index contributed by atoms with van der Waals surface area (Å²) in [6.45, 7) is 4.34. The van der Waals surface area contributed by atoms with E-state index >= 15 is 0 Å². The van der Waals surface area contributed by atoms with Crippen molar-refractivity contribution in [2.45, 2.75) is 24.9 Å². The summed E-state index contributed by atoms with van der Waals surface area (Å²) in [5.41, 5.74) is 1.00. The van der Waals surface area contributed by atoms with E-state index in [1.165, 1.54) is 19.4 Å². The van der Waals surface area contributed by atoms with E-state index in [1.807, 2.05) is 17.8 Å². The van der Waals surface area contributed by atoms with Crippen molar-refractivity contribution < 1.29 is 0 Å². The van der Waals surface area contributed by atoms with Crippen molar-refractivity contribution in [3.63, 3.8) is 0 Å². The van der Waals surface area contributed by atoms with Crippen LogP contribution in [0.3, 0.4) is 0 Å². The van der Waals surface area contributed by atoms with Gasteiger partial charge in [0, 0.05) is 32.7 Å². The molecular weight excluding hydrogens is 226 g/mol. The third-order valence-corrected chi connectivity index (χ3v) is 4.24. The predicted octanol–water partition coefficient (Wildman–Crippen LogP) is 0.765. The molecule has 1 unspecified atom stereocenters. The lowest BCUT2D eigenvalue weighted by Crippen LogP contribution is -2.51. The van der Waals surface area contributed by atoms with Gasteiger partial charge in [-0.25, -0.2) is 4.98 Å². The predicted molar refractivity (Wildman–Crippen MR) is 67.7 cm³/mol. The highest BCUT2D eigenvalue weighted by atomic mass is 15.3. The highest BCUT2D eigenvalue weighted by Crippen LogP contribution is 2.27. The summed E-state index contributed by atoms with van der Waals surface area (Å²) < 4.78 is 1.95. The Bertz CT molecular complexity index is 460. The summed E-state index contributed by atoms with van der Waals surface area (Å²) in [6.07, 6.45) is 6.17. The van der Waals surface area contributed by atoms with Crippen LogP contribution >= 0.6 is 0 Å². The molecule has 2 saturated heterocycles. The molecule has 0 aromatic carbocycles. The molecule has 1 aromatic heterocycles. The molecule has 5 heteroatoms. The lowest BCUT2D eigenvalue weighted by molar-refractivity contribution is 0.0857. The number of aryl methyl sites for hydroxylation is 1. The number of fused-ring (bicyclic) bond motifs is 1. The van der Waals surface area contributed by atoms with Gasteiger partial charge in [0.25, 0.3) is 0 Å². The van der Waals surface area contributed by atoms with Crippen LogP contribution in [-0.4, -0.2) is 51.6 Å². The molecule has 2 atom stereocenters. The van der Waals surface area contributed by atoms with Gasteiger partial charge in [-0.3, -0.25) is 9.80 Å².